The molecule has 3 aromatic rings. The summed E-state index contributed by atoms with van der Waals surface area (Å²) in [5.41, 5.74) is 3.57. The van der Waals surface area contributed by atoms with E-state index in [4.69, 9.17) is 0 Å². The molecule has 4 rings (SSSR count). The first kappa shape index (κ1) is 22.1. The van der Waals surface area contributed by atoms with Gasteiger partial charge in [0.25, 0.3) is 11.8 Å². The average Bonchev–Trinajstić information content (AvgIpc) is 2.87. The zero-order valence-electron chi connectivity index (χ0n) is 18.2. The highest BCUT2D eigenvalue weighted by Crippen LogP contribution is 2.23. The van der Waals surface area contributed by atoms with Crippen LogP contribution in [0.4, 0.5) is 0 Å². The number of aromatic nitrogens is 1. The lowest BCUT2D eigenvalue weighted by atomic mass is 9.96. The van der Waals surface area contributed by atoms with Gasteiger partial charge in [-0.2, -0.15) is 0 Å². The van der Waals surface area contributed by atoms with Crippen LogP contribution in [-0.2, 0) is 0 Å². The summed E-state index contributed by atoms with van der Waals surface area (Å²) in [6.45, 7) is 2.03. The van der Waals surface area contributed by atoms with Crippen LogP contribution in [0.15, 0.2) is 78.0 Å². The summed E-state index contributed by atoms with van der Waals surface area (Å²) in [6, 6.07) is 21.5. The number of rotatable bonds is 6. The lowest BCUT2D eigenvalue weighted by Crippen LogP contribution is -2.41. The zero-order chi connectivity index (χ0) is 22.3. The molecule has 5 nitrogen and oxygen atoms in total. The summed E-state index contributed by atoms with van der Waals surface area (Å²) >= 11 is 1.49. The van der Waals surface area contributed by atoms with E-state index in [2.05, 4.69) is 22.4 Å². The molecule has 2 amide bonds. The highest BCUT2D eigenvalue weighted by atomic mass is 32.2. The van der Waals surface area contributed by atoms with Crippen LogP contribution in [0.2, 0.25) is 0 Å². The van der Waals surface area contributed by atoms with Gasteiger partial charge in [-0.1, -0.05) is 42.5 Å². The second kappa shape index (κ2) is 10.5. The molecule has 0 saturated carbocycles. The number of thioether (sulfide) groups is 1. The van der Waals surface area contributed by atoms with Gasteiger partial charge in [0.15, 0.2) is 0 Å². The molecule has 0 aliphatic carbocycles. The second-order valence-corrected chi connectivity index (χ2v) is 8.74. The number of piperidine rings is 1. The lowest BCUT2D eigenvalue weighted by molar-refractivity contribution is 0.0680. The summed E-state index contributed by atoms with van der Waals surface area (Å²) in [5, 5.41) is 3.83. The number of benzene rings is 2. The third kappa shape index (κ3) is 5.19. The van der Waals surface area contributed by atoms with E-state index >= 15 is 0 Å². The third-order valence-electron chi connectivity index (χ3n) is 5.90. The van der Waals surface area contributed by atoms with Gasteiger partial charge in [-0.05, 0) is 60.4 Å². The van der Waals surface area contributed by atoms with Gasteiger partial charge < -0.3 is 10.2 Å². The summed E-state index contributed by atoms with van der Waals surface area (Å²) in [4.78, 5) is 31.6. The molecule has 0 atom stereocenters. The van der Waals surface area contributed by atoms with E-state index in [9.17, 15) is 9.59 Å². The Balaban J connectivity index is 1.27. The van der Waals surface area contributed by atoms with Crippen molar-refractivity contribution in [1.82, 2.24) is 15.2 Å². The predicted molar refractivity (Wildman–Crippen MR) is 129 cm³/mol. The molecule has 1 aliphatic heterocycles. The molecular formula is C26H27N3O2S. The van der Waals surface area contributed by atoms with Crippen LogP contribution in [0.3, 0.4) is 0 Å². The Morgan fingerprint density at radius 2 is 1.66 bits per heavy atom. The summed E-state index contributed by atoms with van der Waals surface area (Å²) < 4.78 is 0. The Labute approximate surface area is 193 Å². The van der Waals surface area contributed by atoms with Gasteiger partial charge in [0.2, 0.25) is 0 Å². The maximum absolute atomic E-state index is 12.9. The van der Waals surface area contributed by atoms with Gasteiger partial charge in [0.05, 0.1) is 5.56 Å². The smallest absolute Gasteiger partial charge is 0.256 e. The van der Waals surface area contributed by atoms with E-state index < -0.39 is 0 Å². The molecule has 1 aromatic heterocycles. The van der Waals surface area contributed by atoms with Crippen LogP contribution in [0, 0.1) is 5.92 Å². The number of carbonyl (C=O) groups is 2. The normalized spacial score (nSPS) is 14.2. The maximum atomic E-state index is 12.9. The van der Waals surface area contributed by atoms with Gasteiger partial charge >= 0.3 is 0 Å². The van der Waals surface area contributed by atoms with Crippen LogP contribution in [0.1, 0.15) is 33.6 Å². The largest absolute Gasteiger partial charge is 0.352 e. The fourth-order valence-corrected chi connectivity index (χ4v) is 4.55. The van der Waals surface area contributed by atoms with Crippen molar-refractivity contribution in [2.24, 2.45) is 5.92 Å². The molecule has 0 radical (unpaired) electrons. The van der Waals surface area contributed by atoms with Gasteiger partial charge in [-0.3, -0.25) is 9.59 Å². The van der Waals surface area contributed by atoms with Crippen LogP contribution in [0.5, 0.6) is 0 Å². The molecule has 164 valence electrons. The van der Waals surface area contributed by atoms with Gasteiger partial charge in [-0.15, -0.1) is 11.8 Å². The Hall–Kier alpha value is -3.12. The third-order valence-corrected chi connectivity index (χ3v) is 6.61. The van der Waals surface area contributed by atoms with Crippen molar-refractivity contribution >= 4 is 23.6 Å². The van der Waals surface area contributed by atoms with Crippen molar-refractivity contribution in [2.45, 2.75) is 17.9 Å². The molecule has 1 fully saturated rings. The van der Waals surface area contributed by atoms with Gasteiger partial charge in [-0.25, -0.2) is 4.98 Å². The van der Waals surface area contributed by atoms with Crippen molar-refractivity contribution in [3.05, 3.63) is 84.1 Å². The first-order valence-corrected chi connectivity index (χ1v) is 12.1. The molecule has 6 heteroatoms. The highest BCUT2D eigenvalue weighted by molar-refractivity contribution is 7.98. The van der Waals surface area contributed by atoms with Gasteiger partial charge in [0.1, 0.15) is 5.03 Å². The SMILES string of the molecule is CSc1ncccc1C(=O)N1CCC(CNC(=O)c2ccc(-c3ccccc3)cc2)CC1. The Kier molecular flexibility index (Phi) is 7.22. The Morgan fingerprint density at radius 3 is 2.34 bits per heavy atom. The van der Waals surface area contributed by atoms with Crippen LogP contribution < -0.4 is 5.32 Å². The molecule has 1 saturated heterocycles. The molecular weight excluding hydrogens is 418 g/mol. The fraction of sp³-hybridized carbons (Fsp3) is 0.269. The number of pyridine rings is 1. The summed E-state index contributed by atoms with van der Waals surface area (Å²) in [5.74, 6) is 0.368. The topological polar surface area (TPSA) is 62.3 Å². The number of nitrogens with zero attached hydrogens (tertiary/aromatic N) is 2. The molecule has 0 spiro atoms. The number of carbonyl (C=O) groups excluding carboxylic acids is 2. The van der Waals surface area contributed by atoms with Crippen molar-refractivity contribution in [1.29, 1.82) is 0 Å². The van der Waals surface area contributed by atoms with Gasteiger partial charge in [0, 0.05) is 31.4 Å². The van der Waals surface area contributed by atoms with E-state index in [0.29, 0.717) is 36.7 Å². The molecule has 2 heterocycles. The van der Waals surface area contributed by atoms with E-state index in [-0.39, 0.29) is 11.8 Å². The molecule has 0 bridgehead atoms. The van der Waals surface area contributed by atoms with Crippen molar-refractivity contribution < 1.29 is 9.59 Å². The van der Waals surface area contributed by atoms with Crippen molar-refractivity contribution in [3.63, 3.8) is 0 Å². The first-order chi connectivity index (χ1) is 15.7. The fourth-order valence-electron chi connectivity index (χ4n) is 4.01. The van der Waals surface area contributed by atoms with E-state index in [1.807, 2.05) is 65.8 Å². The predicted octanol–water partition coefficient (Wildman–Crippen LogP) is 4.75. The van der Waals surface area contributed by atoms with Crippen LogP contribution >= 0.6 is 11.8 Å². The standard InChI is InChI=1S/C26H27N3O2S/c1-32-25-23(8-5-15-27-25)26(31)29-16-13-19(14-17-29)18-28-24(30)22-11-9-21(10-12-22)20-6-3-2-4-7-20/h2-12,15,19H,13-14,16-18H2,1H3,(H,28,30). The number of nitrogens with one attached hydrogen (secondary N) is 1. The minimum absolute atomic E-state index is 0.0449. The van der Waals surface area contributed by atoms with Crippen molar-refractivity contribution in [2.75, 3.05) is 25.9 Å². The number of hydrogen-bond donors (Lipinski definition) is 1. The quantitative estimate of drug-likeness (QED) is 0.556. The highest BCUT2D eigenvalue weighted by Gasteiger charge is 2.25. The van der Waals surface area contributed by atoms with Crippen molar-refractivity contribution in [3.8, 4) is 11.1 Å². The minimum Gasteiger partial charge on any atom is -0.352 e. The van der Waals surface area contributed by atoms with E-state index in [1.54, 1.807) is 6.20 Å². The number of likely N-dealkylation sites (tertiary alicyclic amines) is 1. The van der Waals surface area contributed by atoms with Crippen LogP contribution in [-0.4, -0.2) is 47.6 Å². The molecule has 1 N–H and O–H groups in total. The zero-order valence-corrected chi connectivity index (χ0v) is 19.0. The molecule has 0 unspecified atom stereocenters. The Morgan fingerprint density at radius 1 is 0.969 bits per heavy atom. The minimum atomic E-state index is -0.0527. The molecule has 32 heavy (non-hydrogen) atoms. The number of hydrogen-bond acceptors (Lipinski definition) is 4. The van der Waals surface area contributed by atoms with Crippen LogP contribution in [0.25, 0.3) is 11.1 Å². The maximum Gasteiger partial charge on any atom is 0.256 e. The first-order valence-electron chi connectivity index (χ1n) is 10.9. The van der Waals surface area contributed by atoms with E-state index in [1.165, 1.54) is 11.8 Å². The second-order valence-electron chi connectivity index (χ2n) is 7.95. The monoisotopic (exact) mass is 445 g/mol. The van der Waals surface area contributed by atoms with E-state index in [0.717, 1.165) is 29.0 Å². The Bertz CT molecular complexity index is 1060. The lowest BCUT2D eigenvalue weighted by Gasteiger charge is -2.32. The number of amides is 2. The molecule has 2 aromatic carbocycles. The average molecular weight is 446 g/mol. The summed E-state index contributed by atoms with van der Waals surface area (Å²) in [7, 11) is 0. The summed E-state index contributed by atoms with van der Waals surface area (Å²) in [6.07, 6.45) is 5.41. The molecule has 1 aliphatic rings.